The Kier molecular flexibility index (Phi) is 7.19. The molecule has 2 amide bonds. The van der Waals surface area contributed by atoms with Gasteiger partial charge >= 0.3 is 0 Å². The van der Waals surface area contributed by atoms with Gasteiger partial charge in [-0.25, -0.2) is 0 Å². The van der Waals surface area contributed by atoms with Gasteiger partial charge in [-0.3, -0.25) is 9.59 Å². The monoisotopic (exact) mass is 499 g/mol. The Morgan fingerprint density at radius 1 is 0.886 bits per heavy atom. The Bertz CT molecular complexity index is 1320. The van der Waals surface area contributed by atoms with Gasteiger partial charge in [0.2, 0.25) is 5.91 Å². The third-order valence-corrected chi connectivity index (χ3v) is 10.6. The number of hydrogen-bond acceptors (Lipinski definition) is 4. The van der Waals surface area contributed by atoms with E-state index < -0.39 is 14.0 Å². The third-order valence-electron chi connectivity index (χ3n) is 6.30. The summed E-state index contributed by atoms with van der Waals surface area (Å²) in [5.41, 5.74) is 14.9. The van der Waals surface area contributed by atoms with Crippen LogP contribution in [0.4, 0.5) is 11.4 Å². The van der Waals surface area contributed by atoms with Crippen LogP contribution in [0, 0.1) is 0 Å². The molecule has 0 aliphatic carbocycles. The topological polar surface area (TPSA) is 89.4 Å². The van der Waals surface area contributed by atoms with Crippen LogP contribution in [-0.4, -0.2) is 26.4 Å². The van der Waals surface area contributed by atoms with Gasteiger partial charge in [0.1, 0.15) is 0 Å². The normalized spacial score (nSPS) is 11.3. The molecular weight excluding hydrogens is 470 g/mol. The van der Waals surface area contributed by atoms with E-state index in [0.717, 1.165) is 16.5 Å². The van der Waals surface area contributed by atoms with E-state index >= 15 is 0 Å². The molecule has 4 N–H and O–H groups in total. The second-order valence-electron chi connectivity index (χ2n) is 9.15. The predicted octanol–water partition coefficient (Wildman–Crippen LogP) is 5.36. The van der Waals surface area contributed by atoms with E-state index in [2.05, 4.69) is 43.4 Å². The smallest absolute Gasteiger partial charge is 0.258 e. The average Bonchev–Trinajstić information content (AvgIpc) is 3.40. The van der Waals surface area contributed by atoms with Crippen molar-refractivity contribution in [3.8, 4) is 10.4 Å². The van der Waals surface area contributed by atoms with E-state index in [1.807, 2.05) is 35.7 Å². The number of thiophene rings is 1. The maximum absolute atomic E-state index is 13.8. The molecule has 0 bridgehead atoms. The fraction of sp³-hybridized carbons (Fsp3) is 0.143. The number of nitrogens with zero attached hydrogens (tertiary/aromatic N) is 1. The van der Waals surface area contributed by atoms with Crippen LogP contribution in [0.2, 0.25) is 19.1 Å². The lowest BCUT2D eigenvalue weighted by Crippen LogP contribution is -2.45. The van der Waals surface area contributed by atoms with E-state index in [1.165, 1.54) is 5.19 Å². The minimum absolute atomic E-state index is 0.158. The fourth-order valence-corrected chi connectivity index (χ4v) is 6.95. The van der Waals surface area contributed by atoms with Crippen molar-refractivity contribution in [2.75, 3.05) is 17.2 Å². The molecule has 0 saturated carbocycles. The molecule has 0 saturated heterocycles. The minimum Gasteiger partial charge on any atom is -0.397 e. The summed E-state index contributed by atoms with van der Waals surface area (Å²) >= 11 is 1.65. The number of benzene rings is 3. The zero-order valence-corrected chi connectivity index (χ0v) is 21.7. The van der Waals surface area contributed by atoms with Crippen molar-refractivity contribution in [3.05, 3.63) is 101 Å². The van der Waals surface area contributed by atoms with E-state index in [0.29, 0.717) is 29.0 Å². The van der Waals surface area contributed by atoms with Gasteiger partial charge in [-0.1, -0.05) is 60.7 Å². The van der Waals surface area contributed by atoms with E-state index in [-0.39, 0.29) is 5.91 Å². The Hall–Kier alpha value is -3.68. The van der Waals surface area contributed by atoms with Gasteiger partial charge in [0, 0.05) is 22.5 Å². The van der Waals surface area contributed by atoms with Crippen molar-refractivity contribution in [1.82, 2.24) is 0 Å². The Balaban J connectivity index is 1.71. The fourth-order valence-electron chi connectivity index (χ4n) is 4.06. The van der Waals surface area contributed by atoms with Crippen molar-refractivity contribution in [2.24, 2.45) is 5.73 Å². The molecule has 5 nitrogen and oxygen atoms in total. The minimum atomic E-state index is -1.82. The van der Waals surface area contributed by atoms with Crippen LogP contribution < -0.4 is 21.6 Å². The number of carbonyl (C=O) groups is 2. The number of nitrogens with two attached hydrogens (primary N) is 2. The summed E-state index contributed by atoms with van der Waals surface area (Å²) in [6.45, 7) is 5.17. The average molecular weight is 500 g/mol. The molecule has 1 aromatic heterocycles. The molecule has 0 aliphatic heterocycles. The molecule has 0 unspecified atom stereocenters. The lowest BCUT2D eigenvalue weighted by atomic mass is 10.1. The largest absolute Gasteiger partial charge is 0.397 e. The first-order chi connectivity index (χ1) is 16.8. The molecule has 4 aromatic rings. The van der Waals surface area contributed by atoms with Gasteiger partial charge in [0.15, 0.2) is 0 Å². The van der Waals surface area contributed by atoms with Crippen LogP contribution >= 0.6 is 11.3 Å². The Morgan fingerprint density at radius 3 is 2.20 bits per heavy atom. The highest BCUT2D eigenvalue weighted by molar-refractivity contribution is 7.13. The van der Waals surface area contributed by atoms with Gasteiger partial charge in [-0.2, -0.15) is 0 Å². The highest BCUT2D eigenvalue weighted by atomic mass is 32.1. The van der Waals surface area contributed by atoms with Crippen LogP contribution in [0.5, 0.6) is 0 Å². The van der Waals surface area contributed by atoms with Gasteiger partial charge in [-0.15, -0.1) is 11.3 Å². The molecule has 35 heavy (non-hydrogen) atoms. The summed E-state index contributed by atoms with van der Waals surface area (Å²) in [6.07, 6.45) is 0. The van der Waals surface area contributed by atoms with Crippen molar-refractivity contribution in [1.29, 1.82) is 0 Å². The Morgan fingerprint density at radius 2 is 1.57 bits per heavy atom. The van der Waals surface area contributed by atoms with Crippen LogP contribution in [0.3, 0.4) is 0 Å². The van der Waals surface area contributed by atoms with Crippen LogP contribution in [-0.2, 0) is 0 Å². The van der Waals surface area contributed by atoms with E-state index in [9.17, 15) is 9.59 Å². The molecule has 1 heterocycles. The van der Waals surface area contributed by atoms with Gasteiger partial charge in [0.25, 0.3) is 5.91 Å². The maximum atomic E-state index is 13.8. The SMILES string of the molecule is C[Si](C)(CCN(C(=O)c1ccc(C(N)=O)cc1)c1cc(-c2cccs2)ccc1N)c1ccccc1. The number of carbonyl (C=O) groups excluding carboxylic acids is 2. The number of primary amides is 1. The second-order valence-corrected chi connectivity index (χ2v) is 14.9. The second kappa shape index (κ2) is 10.3. The zero-order valence-electron chi connectivity index (χ0n) is 19.9. The van der Waals surface area contributed by atoms with Crippen LogP contribution in [0.25, 0.3) is 10.4 Å². The molecular formula is C28H29N3O2SSi. The summed E-state index contributed by atoms with van der Waals surface area (Å²) in [4.78, 5) is 28.2. The van der Waals surface area contributed by atoms with Gasteiger partial charge < -0.3 is 16.4 Å². The van der Waals surface area contributed by atoms with E-state index in [4.69, 9.17) is 11.5 Å². The molecule has 0 radical (unpaired) electrons. The number of anilines is 2. The number of hydrogen-bond donors (Lipinski definition) is 2. The molecule has 178 valence electrons. The molecule has 4 rings (SSSR count). The Labute approximate surface area is 211 Å². The molecule has 0 atom stereocenters. The van der Waals surface area contributed by atoms with E-state index in [1.54, 1.807) is 40.5 Å². The maximum Gasteiger partial charge on any atom is 0.258 e. The predicted molar refractivity (Wildman–Crippen MR) is 149 cm³/mol. The summed E-state index contributed by atoms with van der Waals surface area (Å²) in [5, 5.41) is 3.38. The highest BCUT2D eigenvalue weighted by Crippen LogP contribution is 2.33. The lowest BCUT2D eigenvalue weighted by molar-refractivity contribution is 0.0981. The first-order valence-corrected chi connectivity index (χ1v) is 15.6. The molecule has 3 aromatic carbocycles. The van der Waals surface area contributed by atoms with Crippen molar-refractivity contribution >= 4 is 47.8 Å². The summed E-state index contributed by atoms with van der Waals surface area (Å²) < 4.78 is 0. The summed E-state index contributed by atoms with van der Waals surface area (Å²) in [5.74, 6) is -0.682. The number of amides is 2. The van der Waals surface area contributed by atoms with Gasteiger partial charge in [-0.05, 0) is 59.5 Å². The molecule has 0 spiro atoms. The summed E-state index contributed by atoms with van der Waals surface area (Å²) in [7, 11) is -1.82. The van der Waals surface area contributed by atoms with Crippen molar-refractivity contribution in [2.45, 2.75) is 19.1 Å². The van der Waals surface area contributed by atoms with Crippen LogP contribution in [0.15, 0.2) is 90.3 Å². The van der Waals surface area contributed by atoms with Crippen molar-refractivity contribution < 1.29 is 9.59 Å². The van der Waals surface area contributed by atoms with Crippen molar-refractivity contribution in [3.63, 3.8) is 0 Å². The number of nitrogen functional groups attached to an aromatic ring is 1. The molecule has 7 heteroatoms. The first kappa shape index (κ1) is 24.4. The lowest BCUT2D eigenvalue weighted by Gasteiger charge is -2.30. The zero-order chi connectivity index (χ0) is 25.0. The standard InChI is InChI=1S/C28H29N3O2SSi/c1-35(2,23-7-4-3-5-8-23)18-16-31(28(33)21-12-10-20(11-13-21)27(30)32)25-19-22(14-15-24(25)29)26-9-6-17-34-26/h3-15,17,19H,16,18,29H2,1-2H3,(H2,30,32). The summed E-state index contributed by atoms with van der Waals surface area (Å²) in [6, 6.07) is 27.7. The molecule has 0 aliphatic rings. The third kappa shape index (κ3) is 5.53. The first-order valence-electron chi connectivity index (χ1n) is 11.5. The highest BCUT2D eigenvalue weighted by Gasteiger charge is 2.27. The number of rotatable bonds is 8. The molecule has 0 fully saturated rings. The quantitative estimate of drug-likeness (QED) is 0.253. The van der Waals surface area contributed by atoms with Gasteiger partial charge in [0.05, 0.1) is 19.4 Å². The van der Waals surface area contributed by atoms with Crippen LogP contribution in [0.1, 0.15) is 20.7 Å².